The zero-order valence-corrected chi connectivity index (χ0v) is 10.00. The number of hydrogen-bond acceptors (Lipinski definition) is 3. The Morgan fingerprint density at radius 2 is 2.06 bits per heavy atom. The monoisotopic (exact) mass is 232 g/mol. The average Bonchev–Trinajstić information content (AvgIpc) is 2.30. The molecule has 0 aliphatic rings. The van der Waals surface area contributed by atoms with Crippen molar-refractivity contribution in [3.05, 3.63) is 42.0 Å². The van der Waals surface area contributed by atoms with Gasteiger partial charge in [0.05, 0.1) is 6.54 Å². The van der Waals surface area contributed by atoms with E-state index in [1.165, 1.54) is 6.92 Å². The normalized spacial score (nSPS) is 11.8. The van der Waals surface area contributed by atoms with Crippen LogP contribution in [0.2, 0.25) is 0 Å². The van der Waals surface area contributed by atoms with Crippen LogP contribution in [0.1, 0.15) is 12.5 Å². The third kappa shape index (κ3) is 4.97. The van der Waals surface area contributed by atoms with Gasteiger partial charge in [0.1, 0.15) is 5.71 Å². The fraction of sp³-hybridized carbons (Fsp3) is 0.231. The van der Waals surface area contributed by atoms with Crippen molar-refractivity contribution in [2.45, 2.75) is 6.92 Å². The average molecular weight is 232 g/mol. The molecule has 0 fully saturated rings. The van der Waals surface area contributed by atoms with Crippen molar-refractivity contribution in [2.24, 2.45) is 5.10 Å². The maximum Gasteiger partial charge on any atom is 0.351 e. The number of nitrogens with zero attached hydrogens (tertiary/aromatic N) is 2. The van der Waals surface area contributed by atoms with Crippen LogP contribution in [0.5, 0.6) is 0 Å². The van der Waals surface area contributed by atoms with Gasteiger partial charge in [-0.2, -0.15) is 5.10 Å². The summed E-state index contributed by atoms with van der Waals surface area (Å²) >= 11 is 0. The Morgan fingerprint density at radius 1 is 1.41 bits per heavy atom. The van der Waals surface area contributed by atoms with Crippen LogP contribution in [0.25, 0.3) is 6.08 Å². The number of hydrazone groups is 1. The second-order valence-electron chi connectivity index (χ2n) is 3.64. The van der Waals surface area contributed by atoms with Crippen molar-refractivity contribution in [3.8, 4) is 0 Å². The molecule has 90 valence electrons. The number of carboxylic acids is 1. The minimum absolute atomic E-state index is 0.0839. The van der Waals surface area contributed by atoms with Crippen molar-refractivity contribution in [2.75, 3.05) is 13.6 Å². The minimum Gasteiger partial charge on any atom is -0.477 e. The van der Waals surface area contributed by atoms with E-state index in [0.717, 1.165) is 5.56 Å². The Hall–Kier alpha value is -2.10. The molecule has 0 atom stereocenters. The van der Waals surface area contributed by atoms with Gasteiger partial charge in [-0.15, -0.1) is 0 Å². The molecule has 0 bridgehead atoms. The molecule has 0 saturated heterocycles. The summed E-state index contributed by atoms with van der Waals surface area (Å²) in [5.74, 6) is -0.996. The number of likely N-dealkylation sites (N-methyl/N-ethyl adjacent to an activating group) is 1. The van der Waals surface area contributed by atoms with Crippen molar-refractivity contribution in [1.29, 1.82) is 0 Å². The van der Waals surface area contributed by atoms with E-state index in [1.807, 2.05) is 42.5 Å². The lowest BCUT2D eigenvalue weighted by molar-refractivity contribution is -0.129. The van der Waals surface area contributed by atoms with Gasteiger partial charge in [-0.05, 0) is 12.5 Å². The molecule has 0 aromatic heterocycles. The summed E-state index contributed by atoms with van der Waals surface area (Å²) < 4.78 is 0. The van der Waals surface area contributed by atoms with Gasteiger partial charge in [-0.25, -0.2) is 4.79 Å². The summed E-state index contributed by atoms with van der Waals surface area (Å²) in [6.45, 7) is 2.04. The number of carboxylic acid groups (broad SMARTS) is 1. The first kappa shape index (κ1) is 13.0. The molecule has 0 aliphatic heterocycles. The maximum atomic E-state index is 10.6. The number of carbonyl (C=O) groups is 1. The molecule has 0 spiro atoms. The Bertz CT molecular complexity index is 424. The smallest absolute Gasteiger partial charge is 0.351 e. The molecule has 0 aliphatic carbocycles. The predicted molar refractivity (Wildman–Crippen MR) is 68.9 cm³/mol. The molecule has 0 radical (unpaired) electrons. The largest absolute Gasteiger partial charge is 0.477 e. The molecule has 1 aromatic carbocycles. The number of rotatable bonds is 5. The summed E-state index contributed by atoms with van der Waals surface area (Å²) in [6, 6.07) is 9.90. The molecule has 0 unspecified atom stereocenters. The van der Waals surface area contributed by atoms with Crippen molar-refractivity contribution >= 4 is 17.8 Å². The van der Waals surface area contributed by atoms with Crippen LogP contribution in [0.15, 0.2) is 41.5 Å². The van der Waals surface area contributed by atoms with Crippen LogP contribution in [0.4, 0.5) is 0 Å². The molecular weight excluding hydrogens is 216 g/mol. The fourth-order valence-electron chi connectivity index (χ4n) is 1.25. The number of aliphatic carboxylic acids is 1. The van der Waals surface area contributed by atoms with Gasteiger partial charge in [0.2, 0.25) is 0 Å². The van der Waals surface area contributed by atoms with Crippen LogP contribution in [0.3, 0.4) is 0 Å². The first-order valence-corrected chi connectivity index (χ1v) is 5.31. The lowest BCUT2D eigenvalue weighted by Gasteiger charge is -2.10. The lowest BCUT2D eigenvalue weighted by Crippen LogP contribution is -2.17. The van der Waals surface area contributed by atoms with E-state index < -0.39 is 5.97 Å². The van der Waals surface area contributed by atoms with Crippen molar-refractivity contribution < 1.29 is 9.90 Å². The SMILES string of the molecule is CC(=NN(C)CC=Cc1ccccc1)C(=O)O. The van der Waals surface area contributed by atoms with Crippen molar-refractivity contribution in [1.82, 2.24) is 5.01 Å². The molecule has 0 saturated carbocycles. The quantitative estimate of drug-likeness (QED) is 0.624. The zero-order valence-electron chi connectivity index (χ0n) is 10.00. The molecule has 17 heavy (non-hydrogen) atoms. The molecule has 1 aromatic rings. The molecule has 1 rings (SSSR count). The standard InChI is InChI=1S/C13H16N2O2/c1-11(13(16)17)14-15(2)10-6-9-12-7-4-3-5-8-12/h3-9H,10H2,1-2H3,(H,16,17). The van der Waals surface area contributed by atoms with Gasteiger partial charge in [-0.3, -0.25) is 5.01 Å². The lowest BCUT2D eigenvalue weighted by atomic mass is 10.2. The molecule has 0 heterocycles. The van der Waals surface area contributed by atoms with Gasteiger partial charge in [-0.1, -0.05) is 42.5 Å². The highest BCUT2D eigenvalue weighted by Crippen LogP contribution is 2.01. The Morgan fingerprint density at radius 3 is 2.65 bits per heavy atom. The summed E-state index contributed by atoms with van der Waals surface area (Å²) in [6.07, 6.45) is 3.91. The van der Waals surface area contributed by atoms with Gasteiger partial charge in [0.15, 0.2) is 0 Å². The predicted octanol–water partition coefficient (Wildman–Crippen LogP) is 2.09. The maximum absolute atomic E-state index is 10.6. The highest BCUT2D eigenvalue weighted by atomic mass is 16.4. The molecule has 4 nitrogen and oxygen atoms in total. The van der Waals surface area contributed by atoms with Crippen LogP contribution >= 0.6 is 0 Å². The van der Waals surface area contributed by atoms with E-state index >= 15 is 0 Å². The fourth-order valence-corrected chi connectivity index (χ4v) is 1.25. The highest BCUT2D eigenvalue weighted by molar-refractivity contribution is 6.34. The van der Waals surface area contributed by atoms with E-state index in [4.69, 9.17) is 5.11 Å². The second kappa shape index (κ2) is 6.48. The van der Waals surface area contributed by atoms with Crippen LogP contribution in [0, 0.1) is 0 Å². The number of hydrogen-bond donors (Lipinski definition) is 1. The highest BCUT2D eigenvalue weighted by Gasteiger charge is 2.01. The first-order chi connectivity index (χ1) is 8.09. The second-order valence-corrected chi connectivity index (χ2v) is 3.64. The molecule has 4 heteroatoms. The summed E-state index contributed by atoms with van der Waals surface area (Å²) in [5.41, 5.74) is 1.19. The zero-order chi connectivity index (χ0) is 12.7. The van der Waals surface area contributed by atoms with E-state index in [-0.39, 0.29) is 5.71 Å². The summed E-state index contributed by atoms with van der Waals surface area (Å²) in [7, 11) is 1.74. The van der Waals surface area contributed by atoms with Gasteiger partial charge >= 0.3 is 5.97 Å². The summed E-state index contributed by atoms with van der Waals surface area (Å²) in [4.78, 5) is 10.6. The Kier molecular flexibility index (Phi) is 4.94. The van der Waals surface area contributed by atoms with E-state index in [0.29, 0.717) is 6.54 Å². The van der Waals surface area contributed by atoms with Crippen molar-refractivity contribution in [3.63, 3.8) is 0 Å². The van der Waals surface area contributed by atoms with Crippen LogP contribution in [-0.4, -0.2) is 35.4 Å². The minimum atomic E-state index is -0.996. The summed E-state index contributed by atoms with van der Waals surface area (Å²) in [5, 5.41) is 14.2. The van der Waals surface area contributed by atoms with E-state index in [1.54, 1.807) is 12.1 Å². The van der Waals surface area contributed by atoms with Crippen LogP contribution < -0.4 is 0 Å². The Balaban J connectivity index is 2.49. The van der Waals surface area contributed by atoms with Gasteiger partial charge in [0.25, 0.3) is 0 Å². The number of benzene rings is 1. The van der Waals surface area contributed by atoms with Crippen LogP contribution in [-0.2, 0) is 4.79 Å². The van der Waals surface area contributed by atoms with Gasteiger partial charge < -0.3 is 5.11 Å². The third-order valence-electron chi connectivity index (χ3n) is 2.11. The van der Waals surface area contributed by atoms with E-state index in [9.17, 15) is 4.79 Å². The first-order valence-electron chi connectivity index (χ1n) is 5.31. The Labute approximate surface area is 101 Å². The topological polar surface area (TPSA) is 52.9 Å². The van der Waals surface area contributed by atoms with E-state index in [2.05, 4.69) is 5.10 Å². The third-order valence-corrected chi connectivity index (χ3v) is 2.11. The van der Waals surface area contributed by atoms with Gasteiger partial charge in [0, 0.05) is 7.05 Å². The molecular formula is C13H16N2O2. The molecule has 0 amide bonds. The molecule has 1 N–H and O–H groups in total.